The number of nitriles is 1. The van der Waals surface area contributed by atoms with Crippen LogP contribution in [0.1, 0.15) is 11.5 Å². The lowest BCUT2D eigenvalue weighted by Gasteiger charge is -2.01. The van der Waals surface area contributed by atoms with Crippen LogP contribution in [0.2, 0.25) is 0 Å². The molecule has 1 aromatic carbocycles. The maximum absolute atomic E-state index is 9.21. The Morgan fingerprint density at radius 1 is 1.22 bits per heavy atom. The number of rotatable bonds is 3. The number of nitrogens with zero attached hydrogens (tertiary/aromatic N) is 3. The molecule has 0 radical (unpaired) electrons. The van der Waals surface area contributed by atoms with Gasteiger partial charge in [-0.15, -0.1) is 0 Å². The summed E-state index contributed by atoms with van der Waals surface area (Å²) in [6, 6.07) is 13.3. The number of halogens is 1. The molecule has 0 saturated heterocycles. The van der Waals surface area contributed by atoms with Crippen LogP contribution < -0.4 is 4.74 Å². The van der Waals surface area contributed by atoms with Crippen molar-refractivity contribution in [2.75, 3.05) is 0 Å². The Morgan fingerprint density at radius 2 is 2.09 bits per heavy atom. The van der Waals surface area contributed by atoms with E-state index in [-0.39, 0.29) is 12.4 Å². The fourth-order valence-corrected chi connectivity index (χ4v) is 2.82. The molecule has 6 heteroatoms. The quantitative estimate of drug-likeness (QED) is 0.541. The predicted molar refractivity (Wildman–Crippen MR) is 88.2 cm³/mol. The molecule has 0 amide bonds. The van der Waals surface area contributed by atoms with E-state index < -0.39 is 0 Å². The summed E-state index contributed by atoms with van der Waals surface area (Å²) in [5.74, 6) is 0.638. The number of para-hydroxylation sites is 1. The number of hydrogen-bond acceptors (Lipinski definition) is 4. The largest absolute Gasteiger partial charge is 0.482 e. The number of furan rings is 1. The third kappa shape index (κ3) is 2.45. The molecule has 5 nitrogen and oxygen atoms in total. The van der Waals surface area contributed by atoms with Gasteiger partial charge in [-0.05, 0) is 40.2 Å². The third-order valence-electron chi connectivity index (χ3n) is 3.48. The lowest BCUT2D eigenvalue weighted by Crippen LogP contribution is -1.96. The molecule has 4 rings (SSSR count). The highest BCUT2D eigenvalue weighted by molar-refractivity contribution is 9.10. The molecule has 0 aliphatic rings. The average molecular weight is 368 g/mol. The van der Waals surface area contributed by atoms with Gasteiger partial charge in [0.15, 0.2) is 5.75 Å². The van der Waals surface area contributed by atoms with Crippen molar-refractivity contribution in [2.45, 2.75) is 6.61 Å². The molecular weight excluding hydrogens is 358 g/mol. The third-order valence-corrected chi connectivity index (χ3v) is 3.95. The van der Waals surface area contributed by atoms with Crippen molar-refractivity contribution in [2.24, 2.45) is 0 Å². The van der Waals surface area contributed by atoms with Crippen LogP contribution in [0.15, 0.2) is 57.7 Å². The SMILES string of the molecule is N#Cc1oc2ccccc2c1OCc1cn2cc(Br)ccc2n1. The molecule has 0 unspecified atom stereocenters. The zero-order valence-corrected chi connectivity index (χ0v) is 13.4. The zero-order chi connectivity index (χ0) is 15.8. The Hall–Kier alpha value is -2.78. The Balaban J connectivity index is 1.67. The summed E-state index contributed by atoms with van der Waals surface area (Å²) in [6.45, 7) is 0.261. The second kappa shape index (κ2) is 5.45. The molecule has 0 fully saturated rings. The van der Waals surface area contributed by atoms with Crippen molar-refractivity contribution in [3.05, 3.63) is 64.7 Å². The van der Waals surface area contributed by atoms with E-state index in [4.69, 9.17) is 9.15 Å². The van der Waals surface area contributed by atoms with E-state index in [1.54, 1.807) is 0 Å². The lowest BCUT2D eigenvalue weighted by atomic mass is 10.2. The number of aromatic nitrogens is 2. The minimum absolute atomic E-state index is 0.178. The highest BCUT2D eigenvalue weighted by Crippen LogP contribution is 2.33. The molecule has 3 aromatic heterocycles. The Labute approximate surface area is 139 Å². The minimum Gasteiger partial charge on any atom is -0.482 e. The van der Waals surface area contributed by atoms with Gasteiger partial charge in [0.05, 0.1) is 11.1 Å². The van der Waals surface area contributed by atoms with Crippen LogP contribution in [0.4, 0.5) is 0 Å². The Morgan fingerprint density at radius 3 is 2.96 bits per heavy atom. The fourth-order valence-electron chi connectivity index (χ4n) is 2.47. The van der Waals surface area contributed by atoms with E-state index in [1.165, 1.54) is 0 Å². The normalized spacial score (nSPS) is 11.0. The number of pyridine rings is 1. The molecule has 23 heavy (non-hydrogen) atoms. The van der Waals surface area contributed by atoms with Gasteiger partial charge in [-0.1, -0.05) is 12.1 Å². The van der Waals surface area contributed by atoms with Crippen LogP contribution in [0.5, 0.6) is 5.75 Å². The van der Waals surface area contributed by atoms with Crippen molar-refractivity contribution < 1.29 is 9.15 Å². The second-order valence-electron chi connectivity index (χ2n) is 5.00. The number of benzene rings is 1. The molecule has 0 saturated carbocycles. The number of hydrogen-bond donors (Lipinski definition) is 0. The highest BCUT2D eigenvalue weighted by atomic mass is 79.9. The van der Waals surface area contributed by atoms with E-state index in [1.807, 2.05) is 59.3 Å². The van der Waals surface area contributed by atoms with Gasteiger partial charge >= 0.3 is 0 Å². The van der Waals surface area contributed by atoms with Gasteiger partial charge in [0.1, 0.15) is 23.9 Å². The van der Waals surface area contributed by atoms with E-state index in [9.17, 15) is 5.26 Å². The molecular formula is C17H10BrN3O2. The van der Waals surface area contributed by atoms with Crippen LogP contribution in [0, 0.1) is 11.3 Å². The van der Waals surface area contributed by atoms with E-state index in [0.717, 1.165) is 21.2 Å². The van der Waals surface area contributed by atoms with Crippen LogP contribution in [-0.4, -0.2) is 9.38 Å². The molecule has 4 aromatic rings. The van der Waals surface area contributed by atoms with E-state index >= 15 is 0 Å². The second-order valence-corrected chi connectivity index (χ2v) is 5.92. The molecule has 112 valence electrons. The molecule has 0 bridgehead atoms. The van der Waals surface area contributed by atoms with Gasteiger partial charge in [-0.3, -0.25) is 0 Å². The monoisotopic (exact) mass is 367 g/mol. The van der Waals surface area contributed by atoms with Gasteiger partial charge in [-0.25, -0.2) is 4.98 Å². The first-order chi connectivity index (χ1) is 11.2. The molecule has 0 aliphatic heterocycles. The van der Waals surface area contributed by atoms with Gasteiger partial charge in [0, 0.05) is 16.9 Å². The number of imidazole rings is 1. The molecule has 0 aliphatic carbocycles. The molecule has 0 spiro atoms. The van der Waals surface area contributed by atoms with Crippen LogP contribution >= 0.6 is 15.9 Å². The first kappa shape index (κ1) is 13.9. The summed E-state index contributed by atoms with van der Waals surface area (Å²) < 4.78 is 14.2. The first-order valence-electron chi connectivity index (χ1n) is 6.92. The van der Waals surface area contributed by atoms with E-state index in [0.29, 0.717) is 11.3 Å². The molecule has 0 N–H and O–H groups in total. The summed E-state index contributed by atoms with van der Waals surface area (Å²) in [5, 5.41) is 10.0. The van der Waals surface area contributed by atoms with Crippen molar-refractivity contribution in [3.8, 4) is 11.8 Å². The van der Waals surface area contributed by atoms with Crippen molar-refractivity contribution in [3.63, 3.8) is 0 Å². The van der Waals surface area contributed by atoms with Crippen molar-refractivity contribution >= 4 is 32.5 Å². The van der Waals surface area contributed by atoms with Crippen LogP contribution in [0.3, 0.4) is 0 Å². The smallest absolute Gasteiger partial charge is 0.246 e. The maximum atomic E-state index is 9.21. The van der Waals surface area contributed by atoms with Gasteiger partial charge in [-0.2, -0.15) is 5.26 Å². The summed E-state index contributed by atoms with van der Waals surface area (Å²) in [7, 11) is 0. The summed E-state index contributed by atoms with van der Waals surface area (Å²) in [5.41, 5.74) is 2.25. The predicted octanol–water partition coefficient (Wildman–Crippen LogP) is 4.29. The highest BCUT2D eigenvalue weighted by Gasteiger charge is 2.15. The summed E-state index contributed by atoms with van der Waals surface area (Å²) in [4.78, 5) is 4.49. The summed E-state index contributed by atoms with van der Waals surface area (Å²) in [6.07, 6.45) is 3.83. The van der Waals surface area contributed by atoms with Crippen LogP contribution in [-0.2, 0) is 6.61 Å². The topological polar surface area (TPSA) is 63.5 Å². The number of ether oxygens (including phenoxy) is 1. The maximum Gasteiger partial charge on any atom is 0.246 e. The summed E-state index contributed by atoms with van der Waals surface area (Å²) >= 11 is 3.43. The van der Waals surface area contributed by atoms with Crippen LogP contribution in [0.25, 0.3) is 16.6 Å². The Kier molecular flexibility index (Phi) is 3.28. The van der Waals surface area contributed by atoms with Gasteiger partial charge in [0.25, 0.3) is 0 Å². The van der Waals surface area contributed by atoms with Gasteiger partial charge in [0.2, 0.25) is 5.76 Å². The minimum atomic E-state index is 0.178. The Bertz CT molecular complexity index is 1060. The first-order valence-corrected chi connectivity index (χ1v) is 7.71. The van der Waals surface area contributed by atoms with E-state index in [2.05, 4.69) is 20.9 Å². The standard InChI is InChI=1S/C17H10BrN3O2/c18-11-5-6-16-20-12(9-21(16)8-11)10-22-17-13-3-1-2-4-14(13)23-15(17)7-19/h1-6,8-9H,10H2. The van der Waals surface area contributed by atoms with Crippen molar-refractivity contribution in [1.82, 2.24) is 9.38 Å². The van der Waals surface area contributed by atoms with Gasteiger partial charge < -0.3 is 13.6 Å². The average Bonchev–Trinajstić information content (AvgIpc) is 3.12. The molecule has 3 heterocycles. The lowest BCUT2D eigenvalue weighted by molar-refractivity contribution is 0.299. The number of fused-ring (bicyclic) bond motifs is 2. The van der Waals surface area contributed by atoms with Crippen molar-refractivity contribution in [1.29, 1.82) is 5.26 Å². The fraction of sp³-hybridized carbons (Fsp3) is 0.0588. The zero-order valence-electron chi connectivity index (χ0n) is 11.9. The molecule has 0 atom stereocenters.